The number of carboxylic acid groups (broad SMARTS) is 1. The minimum absolute atomic E-state index is 0.183. The fourth-order valence-electron chi connectivity index (χ4n) is 4.94. The topological polar surface area (TPSA) is 63.3 Å². The average molecular weight is 209 g/mol. The van der Waals surface area contributed by atoms with Crippen molar-refractivity contribution in [2.24, 2.45) is 28.4 Å². The molecule has 0 aromatic heterocycles. The van der Waals surface area contributed by atoms with Crippen molar-refractivity contribution in [3.63, 3.8) is 0 Å². The zero-order valence-corrected chi connectivity index (χ0v) is 9.04. The number of nitrogens with two attached hydrogens (primary N) is 1. The van der Waals surface area contributed by atoms with Crippen molar-refractivity contribution in [1.82, 2.24) is 0 Å². The predicted octanol–water partition coefficient (Wildman–Crippen LogP) is 1.62. The van der Waals surface area contributed by atoms with Crippen molar-refractivity contribution >= 4 is 5.97 Å². The van der Waals surface area contributed by atoms with Gasteiger partial charge in [0.25, 0.3) is 0 Å². The third-order valence-corrected chi connectivity index (χ3v) is 5.07. The van der Waals surface area contributed by atoms with Crippen LogP contribution in [-0.2, 0) is 4.79 Å². The molecule has 3 heteroatoms. The van der Waals surface area contributed by atoms with E-state index in [1.54, 1.807) is 0 Å². The highest BCUT2D eigenvalue weighted by Crippen LogP contribution is 2.64. The summed E-state index contributed by atoms with van der Waals surface area (Å²) in [5.74, 6) is 0.728. The first kappa shape index (κ1) is 9.64. The number of hydrogen-bond donors (Lipinski definition) is 2. The van der Waals surface area contributed by atoms with Crippen LogP contribution in [0.25, 0.3) is 0 Å². The molecule has 4 aliphatic rings. The van der Waals surface area contributed by atoms with Gasteiger partial charge >= 0.3 is 5.97 Å². The van der Waals surface area contributed by atoms with Gasteiger partial charge in [0.05, 0.1) is 5.41 Å². The van der Waals surface area contributed by atoms with E-state index in [1.165, 1.54) is 19.3 Å². The van der Waals surface area contributed by atoms with Gasteiger partial charge in [-0.3, -0.25) is 4.79 Å². The van der Waals surface area contributed by atoms with Crippen molar-refractivity contribution in [2.75, 3.05) is 6.54 Å². The first-order valence-corrected chi connectivity index (χ1v) is 6.01. The van der Waals surface area contributed by atoms with Crippen LogP contribution < -0.4 is 5.73 Å². The molecule has 0 heterocycles. The Labute approximate surface area is 90.0 Å². The van der Waals surface area contributed by atoms with Gasteiger partial charge < -0.3 is 10.8 Å². The summed E-state index contributed by atoms with van der Waals surface area (Å²) in [6.45, 7) is 0.690. The van der Waals surface area contributed by atoms with E-state index in [9.17, 15) is 9.90 Å². The molecule has 0 radical (unpaired) electrons. The molecule has 4 saturated carbocycles. The average Bonchev–Trinajstić information content (AvgIpc) is 2.15. The number of carbonyl (C=O) groups is 1. The molecule has 4 aliphatic carbocycles. The Kier molecular flexibility index (Phi) is 1.77. The van der Waals surface area contributed by atoms with Crippen LogP contribution in [0.2, 0.25) is 0 Å². The van der Waals surface area contributed by atoms with Crippen molar-refractivity contribution in [3.8, 4) is 0 Å². The Balaban J connectivity index is 1.99. The molecule has 0 aromatic carbocycles. The summed E-state index contributed by atoms with van der Waals surface area (Å²) in [5, 5.41) is 9.45. The molecule has 0 amide bonds. The molecule has 4 fully saturated rings. The molecule has 4 bridgehead atoms. The summed E-state index contributed by atoms with van der Waals surface area (Å²) < 4.78 is 0. The summed E-state index contributed by atoms with van der Waals surface area (Å²) in [7, 11) is 0. The van der Waals surface area contributed by atoms with Gasteiger partial charge in [-0.2, -0.15) is 0 Å². The molecule has 0 spiro atoms. The lowest BCUT2D eigenvalue weighted by atomic mass is 9.44. The monoisotopic (exact) mass is 209 g/mol. The summed E-state index contributed by atoms with van der Waals surface area (Å²) in [6.07, 6.45) is 6.32. The highest BCUT2D eigenvalue weighted by molar-refractivity contribution is 5.75. The van der Waals surface area contributed by atoms with Crippen LogP contribution in [0.4, 0.5) is 0 Å². The second-order valence-corrected chi connectivity index (χ2v) is 6.25. The number of hydrogen-bond acceptors (Lipinski definition) is 2. The maximum absolute atomic E-state index is 11.5. The van der Waals surface area contributed by atoms with Gasteiger partial charge in [0.15, 0.2) is 0 Å². The van der Waals surface area contributed by atoms with E-state index >= 15 is 0 Å². The van der Waals surface area contributed by atoms with Crippen LogP contribution in [0.15, 0.2) is 0 Å². The summed E-state index contributed by atoms with van der Waals surface area (Å²) in [5.41, 5.74) is 5.68. The third-order valence-electron chi connectivity index (χ3n) is 5.07. The Hall–Kier alpha value is -0.570. The minimum Gasteiger partial charge on any atom is -0.481 e. The van der Waals surface area contributed by atoms with E-state index in [0.29, 0.717) is 18.4 Å². The van der Waals surface area contributed by atoms with Crippen molar-refractivity contribution in [3.05, 3.63) is 0 Å². The maximum atomic E-state index is 11.5. The van der Waals surface area contributed by atoms with Gasteiger partial charge in [-0.05, 0) is 62.3 Å². The van der Waals surface area contributed by atoms with Gasteiger partial charge in [-0.15, -0.1) is 0 Å². The molecule has 84 valence electrons. The molecule has 3 nitrogen and oxygen atoms in total. The lowest BCUT2D eigenvalue weighted by Gasteiger charge is -2.60. The van der Waals surface area contributed by atoms with E-state index in [-0.39, 0.29) is 5.41 Å². The van der Waals surface area contributed by atoms with Gasteiger partial charge in [-0.1, -0.05) is 0 Å². The van der Waals surface area contributed by atoms with Crippen LogP contribution in [0, 0.1) is 22.7 Å². The minimum atomic E-state index is -0.561. The van der Waals surface area contributed by atoms with Crippen LogP contribution in [0.3, 0.4) is 0 Å². The number of rotatable bonds is 2. The standard InChI is InChI=1S/C12H19NO2/c13-7-11-2-8-1-9(3-11)5-12(4-8,6-11)10(14)15/h8-9H,1-7,13H2,(H,14,15)/t8-,9+,11?,12?. The predicted molar refractivity (Wildman–Crippen MR) is 56.2 cm³/mol. The Bertz CT molecular complexity index is 299. The highest BCUT2D eigenvalue weighted by Gasteiger charge is 2.60. The maximum Gasteiger partial charge on any atom is 0.309 e. The van der Waals surface area contributed by atoms with Crippen LogP contribution in [0.1, 0.15) is 38.5 Å². The third kappa shape index (κ3) is 1.19. The molecule has 0 aromatic rings. The summed E-state index contributed by atoms with van der Waals surface area (Å²) >= 11 is 0. The van der Waals surface area contributed by atoms with Crippen LogP contribution >= 0.6 is 0 Å². The van der Waals surface area contributed by atoms with Gasteiger partial charge in [0.2, 0.25) is 0 Å². The molecule has 4 atom stereocenters. The van der Waals surface area contributed by atoms with Crippen molar-refractivity contribution in [2.45, 2.75) is 38.5 Å². The van der Waals surface area contributed by atoms with Gasteiger partial charge in [-0.25, -0.2) is 0 Å². The lowest BCUT2D eigenvalue weighted by Crippen LogP contribution is -2.57. The molecule has 0 saturated heterocycles. The number of aliphatic carboxylic acids is 1. The van der Waals surface area contributed by atoms with E-state index in [0.717, 1.165) is 19.3 Å². The molecule has 0 aliphatic heterocycles. The largest absolute Gasteiger partial charge is 0.481 e. The Morgan fingerprint density at radius 1 is 1.27 bits per heavy atom. The second-order valence-electron chi connectivity index (χ2n) is 6.25. The van der Waals surface area contributed by atoms with Crippen LogP contribution in [-0.4, -0.2) is 17.6 Å². The zero-order valence-electron chi connectivity index (χ0n) is 9.04. The SMILES string of the molecule is NCC12C[C@H]3C[C@@H](C1)CC(C(=O)O)(C3)C2. The highest BCUT2D eigenvalue weighted by atomic mass is 16.4. The molecule has 4 rings (SSSR count). The van der Waals surface area contributed by atoms with Crippen molar-refractivity contribution in [1.29, 1.82) is 0 Å². The molecular formula is C12H19NO2. The quantitative estimate of drug-likeness (QED) is 0.726. The Morgan fingerprint density at radius 3 is 2.33 bits per heavy atom. The normalized spacial score (nSPS) is 52.1. The lowest BCUT2D eigenvalue weighted by molar-refractivity contribution is -0.173. The molecule has 15 heavy (non-hydrogen) atoms. The van der Waals surface area contributed by atoms with Crippen LogP contribution in [0.5, 0.6) is 0 Å². The second kappa shape index (κ2) is 2.76. The van der Waals surface area contributed by atoms with Gasteiger partial charge in [0, 0.05) is 0 Å². The molecule has 3 N–H and O–H groups in total. The fourth-order valence-corrected chi connectivity index (χ4v) is 4.94. The summed E-state index contributed by atoms with van der Waals surface area (Å²) in [6, 6.07) is 0. The fraction of sp³-hybridized carbons (Fsp3) is 0.917. The van der Waals surface area contributed by atoms with E-state index < -0.39 is 11.4 Å². The zero-order chi connectivity index (χ0) is 10.7. The molecule has 2 unspecified atom stereocenters. The van der Waals surface area contributed by atoms with Gasteiger partial charge in [0.1, 0.15) is 0 Å². The summed E-state index contributed by atoms with van der Waals surface area (Å²) in [4.78, 5) is 11.5. The Morgan fingerprint density at radius 2 is 1.87 bits per heavy atom. The van der Waals surface area contributed by atoms with Crippen molar-refractivity contribution < 1.29 is 9.90 Å². The first-order chi connectivity index (χ1) is 7.07. The van der Waals surface area contributed by atoms with E-state index in [1.807, 2.05) is 0 Å². The molecular weight excluding hydrogens is 190 g/mol. The number of carboxylic acids is 1. The smallest absolute Gasteiger partial charge is 0.309 e. The van der Waals surface area contributed by atoms with E-state index in [4.69, 9.17) is 5.73 Å². The van der Waals surface area contributed by atoms with E-state index in [2.05, 4.69) is 0 Å². The first-order valence-electron chi connectivity index (χ1n) is 6.01.